The van der Waals surface area contributed by atoms with Crippen LogP contribution in [0.15, 0.2) is 54.7 Å². The Hall–Kier alpha value is -4.11. The van der Waals surface area contributed by atoms with Gasteiger partial charge in [-0.05, 0) is 41.7 Å². The second-order valence-electron chi connectivity index (χ2n) is 15.6. The van der Waals surface area contributed by atoms with Crippen LogP contribution >= 0.6 is 0 Å². The van der Waals surface area contributed by atoms with Crippen LogP contribution in [0.25, 0.3) is 0 Å². The first-order valence-electron chi connectivity index (χ1n) is 17.3. The number of hydrogen-bond acceptors (Lipinski definition) is 8. The van der Waals surface area contributed by atoms with Gasteiger partial charge in [0.15, 0.2) is 0 Å². The monoisotopic (exact) mass is 729 g/mol. The molecule has 1 saturated carbocycles. The summed E-state index contributed by atoms with van der Waals surface area (Å²) in [7, 11) is -2.48. The zero-order valence-corrected chi connectivity index (χ0v) is 31.7. The molecular formula is C36H55N7O7S. The molecule has 4 N–H and O–H groups in total. The average Bonchev–Trinajstić information content (AvgIpc) is 3.78. The van der Waals surface area contributed by atoms with Gasteiger partial charge in [0.1, 0.15) is 17.0 Å². The molecule has 2 aliphatic rings. The van der Waals surface area contributed by atoms with E-state index in [1.807, 2.05) is 20.8 Å². The molecule has 2 heterocycles. The van der Waals surface area contributed by atoms with Crippen molar-refractivity contribution in [3.63, 3.8) is 0 Å². The molecule has 14 nitrogen and oxygen atoms in total. The third kappa shape index (κ3) is 10.9. The molecule has 5 amide bonds. The molecule has 1 aliphatic heterocycles. The maximum Gasteiger partial charge on any atom is 0.315 e. The van der Waals surface area contributed by atoms with Crippen molar-refractivity contribution in [1.82, 2.24) is 35.5 Å². The largest absolute Gasteiger partial charge is 0.346 e. The second-order valence-corrected chi connectivity index (χ2v) is 17.6. The van der Waals surface area contributed by atoms with Gasteiger partial charge in [0.2, 0.25) is 27.6 Å². The van der Waals surface area contributed by atoms with E-state index < -0.39 is 80.5 Å². The molecular weight excluding hydrogens is 675 g/mol. The van der Waals surface area contributed by atoms with Crippen LogP contribution in [0.4, 0.5) is 4.79 Å². The molecule has 1 aromatic heterocycles. The van der Waals surface area contributed by atoms with Gasteiger partial charge < -0.3 is 26.2 Å². The summed E-state index contributed by atoms with van der Waals surface area (Å²) in [5, 5.41) is 10.9. The van der Waals surface area contributed by atoms with Crippen LogP contribution in [0.2, 0.25) is 0 Å². The van der Waals surface area contributed by atoms with E-state index in [-0.39, 0.29) is 30.4 Å². The van der Waals surface area contributed by atoms with Gasteiger partial charge >= 0.3 is 6.03 Å². The molecule has 1 unspecified atom stereocenters. The number of rotatable bonds is 16. The van der Waals surface area contributed by atoms with E-state index in [1.54, 1.807) is 26.8 Å². The number of Topliss-reactive ketones (excluding diaryl/α,β-unsaturated/α-hetero) is 1. The summed E-state index contributed by atoms with van der Waals surface area (Å²) in [5.74, 6) is -2.89. The molecule has 282 valence electrons. The summed E-state index contributed by atoms with van der Waals surface area (Å²) >= 11 is 0. The minimum absolute atomic E-state index is 0.0178. The number of carbonyl (C=O) groups excluding carboxylic acids is 5. The number of likely N-dealkylation sites (N-methyl/N-ethyl adjacent to an activating group) is 1. The standard InChI is InChI=1S/C36H55N7O7S/c1-10-17-38-32(46)29(44)26(20-23-14-15-23)39-31(45)28-24(11-2)16-19-43(28)33(47)30(36(6,7)8)41-34(48)40-27(35(3,4)5)22-42(9)51(49,50)25-13-12-18-37-21-25/h10-13,18,21,23-24,26-28,30H,1-2,14-17,19-20,22H2,3-9H3,(H,38,46)(H,39,45)(H2,40,41,48)/t24-,26?,27+,28-,30+/m0/s1. The van der Waals surface area contributed by atoms with E-state index in [0.29, 0.717) is 12.8 Å². The molecule has 51 heavy (non-hydrogen) atoms. The fourth-order valence-corrected chi connectivity index (χ4v) is 7.10. The fourth-order valence-electron chi connectivity index (χ4n) is 5.95. The Morgan fingerprint density at radius 3 is 2.22 bits per heavy atom. The lowest BCUT2D eigenvalue weighted by Gasteiger charge is -2.38. The minimum Gasteiger partial charge on any atom is -0.346 e. The smallest absolute Gasteiger partial charge is 0.315 e. The number of aromatic nitrogens is 1. The van der Waals surface area contributed by atoms with Crippen molar-refractivity contribution in [2.45, 2.75) is 96.3 Å². The fraction of sp³-hybridized carbons (Fsp3) is 0.611. The lowest BCUT2D eigenvalue weighted by Crippen LogP contribution is -2.62. The summed E-state index contributed by atoms with van der Waals surface area (Å²) in [5.41, 5.74) is -1.41. The normalized spacial score (nSPS) is 19.7. The van der Waals surface area contributed by atoms with Crippen LogP contribution in [-0.4, -0.2) is 103 Å². The Bertz CT molecular complexity index is 1570. The van der Waals surface area contributed by atoms with Gasteiger partial charge in [-0.1, -0.05) is 66.5 Å². The maximum atomic E-state index is 14.3. The van der Waals surface area contributed by atoms with Gasteiger partial charge in [-0.2, -0.15) is 4.31 Å². The van der Waals surface area contributed by atoms with Crippen molar-refractivity contribution in [2.24, 2.45) is 22.7 Å². The van der Waals surface area contributed by atoms with Crippen LogP contribution in [0, 0.1) is 22.7 Å². The van der Waals surface area contributed by atoms with E-state index in [2.05, 4.69) is 39.4 Å². The van der Waals surface area contributed by atoms with Crippen molar-refractivity contribution >= 4 is 39.6 Å². The van der Waals surface area contributed by atoms with Crippen LogP contribution in [-0.2, 0) is 29.2 Å². The Balaban J connectivity index is 1.81. The molecule has 0 spiro atoms. The summed E-state index contributed by atoms with van der Waals surface area (Å²) in [6, 6.07) is -1.57. The molecule has 1 aromatic rings. The SMILES string of the molecule is C=CCNC(=O)C(=O)C(CC1CC1)NC(=O)[C@@H]1[C@@H](C=C)CCN1C(=O)[C@@H](NC(=O)N[C@H](CN(C)S(=O)(=O)c1cccnc1)C(C)(C)C)C(C)(C)C. The molecule has 0 bridgehead atoms. The summed E-state index contributed by atoms with van der Waals surface area (Å²) in [4.78, 5) is 72.8. The zero-order chi connectivity index (χ0) is 38.3. The van der Waals surface area contributed by atoms with Crippen LogP contribution in [0.1, 0.15) is 67.2 Å². The highest BCUT2D eigenvalue weighted by molar-refractivity contribution is 7.89. The van der Waals surface area contributed by atoms with E-state index in [9.17, 15) is 32.4 Å². The predicted octanol–water partition coefficient (Wildman–Crippen LogP) is 2.39. The number of likely N-dealkylation sites (tertiary alicyclic amines) is 1. The van der Waals surface area contributed by atoms with Crippen LogP contribution in [0.5, 0.6) is 0 Å². The van der Waals surface area contributed by atoms with Gasteiger partial charge in [0.05, 0.1) is 6.04 Å². The molecule has 1 saturated heterocycles. The van der Waals surface area contributed by atoms with Crippen LogP contribution in [0.3, 0.4) is 0 Å². The quantitative estimate of drug-likeness (QED) is 0.148. The van der Waals surface area contributed by atoms with Gasteiger partial charge in [0, 0.05) is 51.0 Å². The maximum absolute atomic E-state index is 14.3. The number of pyridine rings is 1. The molecule has 15 heteroatoms. The number of hydrogen-bond donors (Lipinski definition) is 4. The first kappa shape index (κ1) is 41.3. The minimum atomic E-state index is -3.90. The third-order valence-corrected chi connectivity index (χ3v) is 11.2. The van der Waals surface area contributed by atoms with E-state index in [4.69, 9.17) is 0 Å². The molecule has 0 aromatic carbocycles. The molecule has 2 fully saturated rings. The Morgan fingerprint density at radius 1 is 1.02 bits per heavy atom. The first-order chi connectivity index (χ1) is 23.7. The highest BCUT2D eigenvalue weighted by Crippen LogP contribution is 2.34. The molecule has 3 rings (SSSR count). The van der Waals surface area contributed by atoms with Gasteiger partial charge in [-0.3, -0.25) is 24.2 Å². The zero-order valence-electron chi connectivity index (χ0n) is 30.9. The number of nitrogens with zero attached hydrogens (tertiary/aromatic N) is 3. The predicted molar refractivity (Wildman–Crippen MR) is 193 cm³/mol. The van der Waals surface area contributed by atoms with E-state index in [1.165, 1.54) is 42.6 Å². The third-order valence-electron chi connectivity index (χ3n) is 9.35. The number of nitrogens with one attached hydrogen (secondary N) is 4. The Morgan fingerprint density at radius 2 is 1.69 bits per heavy atom. The van der Waals surface area contributed by atoms with Crippen molar-refractivity contribution < 1.29 is 32.4 Å². The lowest BCUT2D eigenvalue weighted by atomic mass is 9.85. The average molecular weight is 730 g/mol. The molecule has 1 aliphatic carbocycles. The van der Waals surface area contributed by atoms with Gasteiger partial charge in [0.25, 0.3) is 5.91 Å². The van der Waals surface area contributed by atoms with Crippen molar-refractivity contribution in [2.75, 3.05) is 26.7 Å². The van der Waals surface area contributed by atoms with Crippen molar-refractivity contribution in [3.8, 4) is 0 Å². The van der Waals surface area contributed by atoms with E-state index >= 15 is 0 Å². The summed E-state index contributed by atoms with van der Waals surface area (Å²) in [6.07, 6.45) is 8.31. The Labute approximate surface area is 302 Å². The Kier molecular flexibility index (Phi) is 13.7. The number of ketones is 1. The van der Waals surface area contributed by atoms with Crippen molar-refractivity contribution in [3.05, 3.63) is 49.8 Å². The summed E-state index contributed by atoms with van der Waals surface area (Å²) < 4.78 is 27.6. The lowest BCUT2D eigenvalue weighted by molar-refractivity contribution is -0.144. The highest BCUT2D eigenvalue weighted by atomic mass is 32.2. The van der Waals surface area contributed by atoms with Gasteiger partial charge in [-0.15, -0.1) is 13.2 Å². The van der Waals surface area contributed by atoms with E-state index in [0.717, 1.165) is 17.1 Å². The van der Waals surface area contributed by atoms with Crippen molar-refractivity contribution in [1.29, 1.82) is 0 Å². The number of urea groups is 1. The topological polar surface area (TPSA) is 187 Å². The number of carbonyl (C=O) groups is 5. The first-order valence-corrected chi connectivity index (χ1v) is 18.8. The highest BCUT2D eigenvalue weighted by Gasteiger charge is 2.47. The number of amides is 5. The molecule has 0 radical (unpaired) electrons. The molecule has 5 atom stereocenters. The second kappa shape index (κ2) is 16.9. The number of sulfonamides is 1. The summed E-state index contributed by atoms with van der Waals surface area (Å²) in [6.45, 7) is 18.6. The van der Waals surface area contributed by atoms with Gasteiger partial charge in [-0.25, -0.2) is 13.2 Å². The van der Waals surface area contributed by atoms with Crippen LogP contribution < -0.4 is 21.3 Å².